The Morgan fingerprint density at radius 1 is 1.32 bits per heavy atom. The molecule has 0 saturated heterocycles. The molecule has 102 valence electrons. The highest BCUT2D eigenvalue weighted by Crippen LogP contribution is 2.27. The van der Waals surface area contributed by atoms with Gasteiger partial charge in [-0.3, -0.25) is 4.68 Å². The van der Waals surface area contributed by atoms with Crippen LogP contribution in [0.5, 0.6) is 0 Å². The Balaban J connectivity index is 2.62. The SMILES string of the molecule is COCc1nc(-c2c(C)nn(C)c2C)nc(N)c1I. The van der Waals surface area contributed by atoms with Crippen LogP contribution in [0.25, 0.3) is 11.4 Å². The highest BCUT2D eigenvalue weighted by atomic mass is 127. The number of halogens is 1. The van der Waals surface area contributed by atoms with Crippen molar-refractivity contribution in [3.63, 3.8) is 0 Å². The van der Waals surface area contributed by atoms with Gasteiger partial charge in [0, 0.05) is 19.9 Å². The predicted octanol–water partition coefficient (Wildman–Crippen LogP) is 1.83. The molecule has 6 nitrogen and oxygen atoms in total. The van der Waals surface area contributed by atoms with Gasteiger partial charge in [0.15, 0.2) is 5.82 Å². The van der Waals surface area contributed by atoms with Crippen molar-refractivity contribution in [3.05, 3.63) is 20.7 Å². The van der Waals surface area contributed by atoms with Crippen LogP contribution in [0.2, 0.25) is 0 Å². The molecule has 0 fully saturated rings. The number of nitrogens with zero attached hydrogens (tertiary/aromatic N) is 4. The molecule has 0 bridgehead atoms. The number of hydrogen-bond donors (Lipinski definition) is 1. The van der Waals surface area contributed by atoms with E-state index in [1.54, 1.807) is 7.11 Å². The first kappa shape index (κ1) is 14.2. The van der Waals surface area contributed by atoms with Gasteiger partial charge in [-0.15, -0.1) is 0 Å². The lowest BCUT2D eigenvalue weighted by molar-refractivity contribution is 0.181. The zero-order valence-corrected chi connectivity index (χ0v) is 13.5. The predicted molar refractivity (Wildman–Crippen MR) is 81.6 cm³/mol. The molecule has 2 heterocycles. The average molecular weight is 373 g/mol. The van der Waals surface area contributed by atoms with Crippen molar-refractivity contribution >= 4 is 28.4 Å². The Morgan fingerprint density at radius 3 is 2.53 bits per heavy atom. The average Bonchev–Trinajstić information content (AvgIpc) is 2.59. The molecule has 2 rings (SSSR count). The third-order valence-corrected chi connectivity index (χ3v) is 4.13. The van der Waals surface area contributed by atoms with Gasteiger partial charge < -0.3 is 10.5 Å². The largest absolute Gasteiger partial charge is 0.383 e. The summed E-state index contributed by atoms with van der Waals surface area (Å²) in [5.74, 6) is 1.08. The fourth-order valence-corrected chi connectivity index (χ4v) is 2.35. The topological polar surface area (TPSA) is 78.9 Å². The lowest BCUT2D eigenvalue weighted by Crippen LogP contribution is -2.06. The number of aromatic nitrogens is 4. The molecule has 2 aromatic heterocycles. The van der Waals surface area contributed by atoms with Gasteiger partial charge in [0.05, 0.1) is 27.1 Å². The van der Waals surface area contributed by atoms with E-state index in [4.69, 9.17) is 10.5 Å². The maximum absolute atomic E-state index is 5.95. The van der Waals surface area contributed by atoms with Gasteiger partial charge in [0.1, 0.15) is 5.82 Å². The number of hydrogen-bond acceptors (Lipinski definition) is 5. The molecule has 0 aliphatic rings. The van der Waals surface area contributed by atoms with Crippen LogP contribution >= 0.6 is 22.6 Å². The third kappa shape index (κ3) is 2.57. The molecule has 0 unspecified atom stereocenters. The minimum absolute atomic E-state index is 0.413. The molecule has 19 heavy (non-hydrogen) atoms. The second-order valence-electron chi connectivity index (χ2n) is 4.30. The van der Waals surface area contributed by atoms with Crippen molar-refractivity contribution in [3.8, 4) is 11.4 Å². The van der Waals surface area contributed by atoms with Crippen LogP contribution in [0.1, 0.15) is 17.1 Å². The van der Waals surface area contributed by atoms with Crippen LogP contribution in [0.3, 0.4) is 0 Å². The van der Waals surface area contributed by atoms with E-state index < -0.39 is 0 Å². The van der Waals surface area contributed by atoms with Crippen molar-refractivity contribution in [1.82, 2.24) is 19.7 Å². The number of nitrogen functional groups attached to an aromatic ring is 1. The molecule has 2 aromatic rings. The van der Waals surface area contributed by atoms with E-state index in [1.165, 1.54) is 0 Å². The monoisotopic (exact) mass is 373 g/mol. The standard InChI is InChI=1S/C12H16IN5O/c1-6-9(7(2)18(3)17-6)12-15-8(5-19-4)10(13)11(14)16-12/h5H2,1-4H3,(H2,14,15,16). The summed E-state index contributed by atoms with van der Waals surface area (Å²) in [6.07, 6.45) is 0. The van der Waals surface area contributed by atoms with Crippen LogP contribution in [-0.4, -0.2) is 26.9 Å². The maximum Gasteiger partial charge on any atom is 0.165 e. The summed E-state index contributed by atoms with van der Waals surface area (Å²) < 4.78 is 7.80. The lowest BCUT2D eigenvalue weighted by Gasteiger charge is -2.08. The van der Waals surface area contributed by atoms with Gasteiger partial charge in [-0.25, -0.2) is 9.97 Å². The minimum atomic E-state index is 0.413. The van der Waals surface area contributed by atoms with E-state index in [9.17, 15) is 0 Å². The first-order valence-electron chi connectivity index (χ1n) is 5.77. The van der Waals surface area contributed by atoms with Crippen molar-refractivity contribution in [2.24, 2.45) is 7.05 Å². The zero-order valence-electron chi connectivity index (χ0n) is 11.4. The van der Waals surface area contributed by atoms with Crippen LogP contribution in [-0.2, 0) is 18.4 Å². The quantitative estimate of drug-likeness (QED) is 0.831. The molecule has 0 aliphatic heterocycles. The Hall–Kier alpha value is -1.22. The maximum atomic E-state index is 5.95. The lowest BCUT2D eigenvalue weighted by atomic mass is 10.2. The molecule has 7 heteroatoms. The fraction of sp³-hybridized carbons (Fsp3) is 0.417. The number of nitrogens with two attached hydrogens (primary N) is 1. The number of ether oxygens (including phenoxy) is 1. The van der Waals surface area contributed by atoms with E-state index in [-0.39, 0.29) is 0 Å². The van der Waals surface area contributed by atoms with Gasteiger partial charge in [-0.1, -0.05) is 0 Å². The van der Waals surface area contributed by atoms with Gasteiger partial charge in [-0.05, 0) is 36.4 Å². The Labute approximate surface area is 125 Å². The second kappa shape index (κ2) is 5.41. The highest BCUT2D eigenvalue weighted by Gasteiger charge is 2.17. The van der Waals surface area contributed by atoms with Crippen molar-refractivity contribution in [2.75, 3.05) is 12.8 Å². The highest BCUT2D eigenvalue weighted by molar-refractivity contribution is 14.1. The van der Waals surface area contributed by atoms with Crippen molar-refractivity contribution in [1.29, 1.82) is 0 Å². The molecule has 0 aromatic carbocycles. The minimum Gasteiger partial charge on any atom is -0.383 e. The van der Waals surface area contributed by atoms with Crippen LogP contribution < -0.4 is 5.73 Å². The van der Waals surface area contributed by atoms with Crippen molar-refractivity contribution in [2.45, 2.75) is 20.5 Å². The number of rotatable bonds is 3. The summed E-state index contributed by atoms with van der Waals surface area (Å²) in [6.45, 7) is 4.34. The Kier molecular flexibility index (Phi) is 4.04. The zero-order chi connectivity index (χ0) is 14.2. The summed E-state index contributed by atoms with van der Waals surface area (Å²) in [5.41, 5.74) is 9.60. The van der Waals surface area contributed by atoms with E-state index in [0.29, 0.717) is 18.2 Å². The molecular weight excluding hydrogens is 357 g/mol. The molecule has 0 saturated carbocycles. The molecular formula is C12H16IN5O. The third-order valence-electron chi connectivity index (χ3n) is 2.96. The molecule has 0 aliphatic carbocycles. The van der Waals surface area contributed by atoms with E-state index in [2.05, 4.69) is 37.7 Å². The summed E-state index contributed by atoms with van der Waals surface area (Å²) in [5, 5.41) is 4.38. The summed E-state index contributed by atoms with van der Waals surface area (Å²) >= 11 is 2.14. The molecule has 0 amide bonds. The van der Waals surface area contributed by atoms with E-state index in [1.807, 2.05) is 25.6 Å². The van der Waals surface area contributed by atoms with Crippen molar-refractivity contribution < 1.29 is 4.74 Å². The van der Waals surface area contributed by atoms with Crippen LogP contribution in [0.15, 0.2) is 0 Å². The summed E-state index contributed by atoms with van der Waals surface area (Å²) in [4.78, 5) is 8.92. The van der Waals surface area contributed by atoms with Gasteiger partial charge in [0.2, 0.25) is 0 Å². The number of aryl methyl sites for hydroxylation is 2. The fourth-order valence-electron chi connectivity index (χ4n) is 1.95. The Bertz CT molecular complexity index is 623. The first-order chi connectivity index (χ1) is 8.95. The van der Waals surface area contributed by atoms with Gasteiger partial charge in [0.25, 0.3) is 0 Å². The number of methoxy groups -OCH3 is 1. The smallest absolute Gasteiger partial charge is 0.165 e. The number of anilines is 1. The molecule has 0 atom stereocenters. The first-order valence-corrected chi connectivity index (χ1v) is 6.85. The molecule has 2 N–H and O–H groups in total. The molecule has 0 radical (unpaired) electrons. The second-order valence-corrected chi connectivity index (χ2v) is 5.37. The summed E-state index contributed by atoms with van der Waals surface area (Å²) in [7, 11) is 3.53. The molecule has 0 spiro atoms. The van der Waals surface area contributed by atoms with Crippen LogP contribution in [0.4, 0.5) is 5.82 Å². The van der Waals surface area contributed by atoms with Gasteiger partial charge >= 0.3 is 0 Å². The Morgan fingerprint density at radius 2 is 2.00 bits per heavy atom. The normalized spacial score (nSPS) is 11.0. The van der Waals surface area contributed by atoms with E-state index in [0.717, 1.165) is 26.2 Å². The summed E-state index contributed by atoms with van der Waals surface area (Å²) in [6, 6.07) is 0. The van der Waals surface area contributed by atoms with E-state index >= 15 is 0 Å². The van der Waals surface area contributed by atoms with Gasteiger partial charge in [-0.2, -0.15) is 5.10 Å². The van der Waals surface area contributed by atoms with Crippen LogP contribution in [0, 0.1) is 17.4 Å².